The molecule has 0 aliphatic carbocycles. The van der Waals surface area contributed by atoms with Crippen LogP contribution >= 0.6 is 0 Å². The number of phenols is 2. The molecule has 34 heavy (non-hydrogen) atoms. The number of phenolic OH excluding ortho intramolecular Hbond substituents is 2. The zero-order chi connectivity index (χ0) is 23.5. The summed E-state index contributed by atoms with van der Waals surface area (Å²) >= 11 is 0. The number of benzene rings is 4. The number of hydrogen-bond acceptors (Lipinski definition) is 5. The van der Waals surface area contributed by atoms with E-state index in [0.29, 0.717) is 5.82 Å². The molecule has 0 radical (unpaired) electrons. The number of rotatable bonds is 5. The number of hydrogen-bond donors (Lipinski definition) is 5. The molecule has 168 valence electrons. The van der Waals surface area contributed by atoms with Gasteiger partial charge in [0.15, 0.2) is 0 Å². The summed E-state index contributed by atoms with van der Waals surface area (Å²) in [6.45, 7) is 0. The minimum atomic E-state index is -0.185. The maximum Gasteiger partial charge on any atom is 0.229 e. The van der Waals surface area contributed by atoms with Gasteiger partial charge in [0, 0.05) is 11.8 Å². The van der Waals surface area contributed by atoms with Gasteiger partial charge in [-0.25, -0.2) is 0 Å². The van der Waals surface area contributed by atoms with Crippen molar-refractivity contribution < 1.29 is 15.0 Å². The average molecular weight is 450 g/mol. The quantitative estimate of drug-likeness (QED) is 0.311. The van der Waals surface area contributed by atoms with Crippen LogP contribution in [-0.2, 0) is 11.2 Å². The van der Waals surface area contributed by atoms with E-state index < -0.39 is 0 Å². The zero-order valence-corrected chi connectivity index (χ0v) is 18.2. The van der Waals surface area contributed by atoms with Crippen molar-refractivity contribution >= 4 is 28.1 Å². The lowest BCUT2D eigenvalue weighted by molar-refractivity contribution is -0.119. The highest BCUT2D eigenvalue weighted by atomic mass is 16.3. The second kappa shape index (κ2) is 9.03. The van der Waals surface area contributed by atoms with Gasteiger partial charge in [0.1, 0.15) is 17.3 Å². The molecular weight excluding hydrogens is 426 g/mol. The van der Waals surface area contributed by atoms with Crippen LogP contribution < -0.4 is 16.0 Å². The maximum absolute atomic E-state index is 12.8. The van der Waals surface area contributed by atoms with Gasteiger partial charge in [0.05, 0.1) is 17.8 Å². The summed E-state index contributed by atoms with van der Waals surface area (Å²) in [6.07, 6.45) is 1.96. The number of nitrogens with one attached hydrogen (secondary N) is 3. The number of amides is 1. The SMILES string of the molecule is O=C(Cc1ccc(O)cc1)NC1=C(c2ccc3ccccc3c2)NC(c2ccc(O)cc2)=CN1. The first kappa shape index (κ1) is 21.2. The maximum atomic E-state index is 12.8. The number of fused-ring (bicyclic) bond motifs is 1. The van der Waals surface area contributed by atoms with E-state index in [1.165, 1.54) is 0 Å². The summed E-state index contributed by atoms with van der Waals surface area (Å²) in [5, 5.41) is 31.0. The lowest BCUT2D eigenvalue weighted by Crippen LogP contribution is -2.36. The molecule has 6 nitrogen and oxygen atoms in total. The van der Waals surface area contributed by atoms with E-state index in [0.717, 1.165) is 38.9 Å². The second-order valence-electron chi connectivity index (χ2n) is 8.08. The summed E-state index contributed by atoms with van der Waals surface area (Å²) in [5.74, 6) is 0.715. The molecule has 0 saturated heterocycles. The van der Waals surface area contributed by atoms with Crippen molar-refractivity contribution in [1.82, 2.24) is 16.0 Å². The lowest BCUT2D eigenvalue weighted by atomic mass is 10.0. The Bertz CT molecular complexity index is 1420. The third-order valence-corrected chi connectivity index (χ3v) is 5.65. The van der Waals surface area contributed by atoms with Crippen LogP contribution in [0, 0.1) is 0 Å². The molecule has 1 amide bonds. The highest BCUT2D eigenvalue weighted by Gasteiger charge is 2.19. The topological polar surface area (TPSA) is 93.6 Å². The molecular formula is C28H23N3O3. The van der Waals surface area contributed by atoms with Crippen molar-refractivity contribution in [1.29, 1.82) is 0 Å². The number of carbonyl (C=O) groups excluding carboxylic acids is 1. The van der Waals surface area contributed by atoms with Gasteiger partial charge in [-0.1, -0.05) is 48.5 Å². The van der Waals surface area contributed by atoms with E-state index in [1.807, 2.05) is 36.4 Å². The van der Waals surface area contributed by atoms with E-state index in [-0.39, 0.29) is 23.8 Å². The number of aromatic hydroxyl groups is 2. The Hall–Kier alpha value is -4.71. The Kier molecular flexibility index (Phi) is 5.62. The molecule has 4 aromatic rings. The van der Waals surface area contributed by atoms with Crippen LogP contribution in [0.15, 0.2) is 103 Å². The molecule has 5 rings (SSSR count). The van der Waals surface area contributed by atoms with E-state index in [2.05, 4.69) is 34.1 Å². The molecule has 0 bridgehead atoms. The summed E-state index contributed by atoms with van der Waals surface area (Å²) < 4.78 is 0. The van der Waals surface area contributed by atoms with Gasteiger partial charge in [-0.2, -0.15) is 0 Å². The standard InChI is InChI=1S/C28H23N3O3/c32-23-11-5-18(6-12-23)15-26(34)31-28-27(22-8-7-19-3-1-2-4-21(19)16-22)30-25(17-29-28)20-9-13-24(33)14-10-20/h1-14,16-17,29-30,32-33H,15H2,(H,31,34). The molecule has 1 aliphatic heterocycles. The Balaban J connectivity index is 1.47. The van der Waals surface area contributed by atoms with Crippen molar-refractivity contribution in [3.8, 4) is 11.5 Å². The van der Waals surface area contributed by atoms with Crippen molar-refractivity contribution in [3.63, 3.8) is 0 Å². The fraction of sp³-hybridized carbons (Fsp3) is 0.0357. The van der Waals surface area contributed by atoms with Crippen LogP contribution in [0.2, 0.25) is 0 Å². The van der Waals surface area contributed by atoms with Gasteiger partial charge >= 0.3 is 0 Å². The molecule has 6 heteroatoms. The van der Waals surface area contributed by atoms with Crippen LogP contribution in [0.5, 0.6) is 11.5 Å². The van der Waals surface area contributed by atoms with Crippen molar-refractivity contribution in [2.24, 2.45) is 0 Å². The highest BCUT2D eigenvalue weighted by molar-refractivity contribution is 5.90. The average Bonchev–Trinajstić information content (AvgIpc) is 2.86. The molecule has 1 aliphatic rings. The van der Waals surface area contributed by atoms with Gasteiger partial charge in [0.25, 0.3) is 0 Å². The Morgan fingerprint density at radius 3 is 2.15 bits per heavy atom. The van der Waals surface area contributed by atoms with E-state index in [9.17, 15) is 15.0 Å². The first-order chi connectivity index (χ1) is 16.5. The minimum Gasteiger partial charge on any atom is -0.508 e. The second-order valence-corrected chi connectivity index (χ2v) is 8.08. The molecule has 0 spiro atoms. The first-order valence-corrected chi connectivity index (χ1v) is 10.9. The normalized spacial score (nSPS) is 13.1. The van der Waals surface area contributed by atoms with Crippen LogP contribution in [0.1, 0.15) is 16.7 Å². The summed E-state index contributed by atoms with van der Waals surface area (Å²) in [5.41, 5.74) is 4.14. The molecule has 4 aromatic carbocycles. The summed E-state index contributed by atoms with van der Waals surface area (Å²) in [7, 11) is 0. The van der Waals surface area contributed by atoms with Crippen LogP contribution in [0.25, 0.3) is 22.2 Å². The molecule has 0 fully saturated rings. The van der Waals surface area contributed by atoms with Crippen molar-refractivity contribution in [3.05, 3.63) is 120 Å². The Morgan fingerprint density at radius 2 is 1.41 bits per heavy atom. The van der Waals surface area contributed by atoms with Crippen molar-refractivity contribution in [2.75, 3.05) is 0 Å². The zero-order valence-electron chi connectivity index (χ0n) is 18.2. The summed E-state index contributed by atoms with van der Waals surface area (Å²) in [6, 6.07) is 27.7. The van der Waals surface area contributed by atoms with E-state index >= 15 is 0 Å². The van der Waals surface area contributed by atoms with Gasteiger partial charge < -0.3 is 26.2 Å². The van der Waals surface area contributed by atoms with Crippen LogP contribution in [0.4, 0.5) is 0 Å². The first-order valence-electron chi connectivity index (χ1n) is 10.9. The molecule has 0 aromatic heterocycles. The molecule has 0 unspecified atom stereocenters. The van der Waals surface area contributed by atoms with Gasteiger partial charge in [-0.05, 0) is 64.4 Å². The highest BCUT2D eigenvalue weighted by Crippen LogP contribution is 2.26. The Labute approximate surface area is 196 Å². The third-order valence-electron chi connectivity index (χ3n) is 5.65. The third kappa shape index (κ3) is 4.56. The van der Waals surface area contributed by atoms with E-state index in [1.54, 1.807) is 42.6 Å². The molecule has 1 heterocycles. The molecule has 0 atom stereocenters. The monoisotopic (exact) mass is 449 g/mol. The molecule has 0 saturated carbocycles. The lowest BCUT2D eigenvalue weighted by Gasteiger charge is -2.25. The largest absolute Gasteiger partial charge is 0.508 e. The number of carbonyl (C=O) groups is 1. The Morgan fingerprint density at radius 1 is 0.765 bits per heavy atom. The smallest absolute Gasteiger partial charge is 0.229 e. The van der Waals surface area contributed by atoms with Gasteiger partial charge in [0.2, 0.25) is 5.91 Å². The minimum absolute atomic E-state index is 0.163. The summed E-state index contributed by atoms with van der Waals surface area (Å²) in [4.78, 5) is 12.8. The fourth-order valence-corrected chi connectivity index (χ4v) is 3.89. The molecule has 5 N–H and O–H groups in total. The predicted molar refractivity (Wildman–Crippen MR) is 133 cm³/mol. The fourth-order valence-electron chi connectivity index (χ4n) is 3.89. The van der Waals surface area contributed by atoms with E-state index in [4.69, 9.17) is 0 Å². The van der Waals surface area contributed by atoms with Crippen LogP contribution in [0.3, 0.4) is 0 Å². The van der Waals surface area contributed by atoms with Gasteiger partial charge in [-0.3, -0.25) is 4.79 Å². The van der Waals surface area contributed by atoms with Gasteiger partial charge in [-0.15, -0.1) is 0 Å². The predicted octanol–water partition coefficient (Wildman–Crippen LogP) is 4.43. The van der Waals surface area contributed by atoms with Crippen LogP contribution in [-0.4, -0.2) is 16.1 Å². The van der Waals surface area contributed by atoms with Crippen molar-refractivity contribution in [2.45, 2.75) is 6.42 Å².